The maximum Gasteiger partial charge on any atom is -0.0398 e. The molecule has 0 heterocycles. The first-order chi connectivity index (χ1) is 5.58. The fourth-order valence-corrected chi connectivity index (χ4v) is 1.60. The van der Waals surface area contributed by atoms with E-state index >= 15 is 0 Å². The summed E-state index contributed by atoms with van der Waals surface area (Å²) in [5.41, 5.74) is 5.30. The van der Waals surface area contributed by atoms with Crippen LogP contribution in [0.4, 0.5) is 0 Å². The van der Waals surface area contributed by atoms with Gasteiger partial charge in [-0.05, 0) is 27.7 Å². The molecule has 0 bridgehead atoms. The Labute approximate surface area is 75.0 Å². The third-order valence-electron chi connectivity index (χ3n) is 1.82. The van der Waals surface area contributed by atoms with E-state index in [2.05, 4.69) is 52.0 Å². The number of allylic oxidation sites excluding steroid dienone is 8. The molecule has 0 fully saturated rings. The van der Waals surface area contributed by atoms with Gasteiger partial charge in [0, 0.05) is 0 Å². The third kappa shape index (κ3) is 2.54. The molecule has 0 saturated heterocycles. The van der Waals surface area contributed by atoms with Crippen molar-refractivity contribution < 1.29 is 0 Å². The molecule has 0 N–H and O–H groups in total. The Bertz CT molecular complexity index is 221. The van der Waals surface area contributed by atoms with Gasteiger partial charge in [-0.15, -0.1) is 0 Å². The van der Waals surface area contributed by atoms with Crippen molar-refractivity contribution in [2.75, 3.05) is 0 Å². The molecule has 0 aromatic heterocycles. The second-order valence-electron chi connectivity index (χ2n) is 3.55. The molecule has 1 aliphatic carbocycles. The van der Waals surface area contributed by atoms with Gasteiger partial charge in [0.2, 0.25) is 0 Å². The van der Waals surface area contributed by atoms with E-state index in [-0.39, 0.29) is 0 Å². The summed E-state index contributed by atoms with van der Waals surface area (Å²) in [6.45, 7) is 8.54. The largest absolute Gasteiger partial charge is 0.0564 e. The van der Waals surface area contributed by atoms with Crippen LogP contribution in [0.3, 0.4) is 0 Å². The molecule has 0 aromatic rings. The maximum absolute atomic E-state index is 2.21. The fourth-order valence-electron chi connectivity index (χ4n) is 1.60. The standard InChI is InChI=1S/C12H16/c1-9-5-10(2)7-12(4)8-11(3)6-9/h5-8H,1-4H3/b9-5-,9-6?,10-5?,10-7-,11-6-,11-8?,12-7?,12-8-. The quantitative estimate of drug-likeness (QED) is 0.506. The lowest BCUT2D eigenvalue weighted by Gasteiger charge is -2.03. The van der Waals surface area contributed by atoms with Crippen LogP contribution in [-0.2, 0) is 0 Å². The third-order valence-corrected chi connectivity index (χ3v) is 1.82. The van der Waals surface area contributed by atoms with E-state index in [0.717, 1.165) is 0 Å². The summed E-state index contributed by atoms with van der Waals surface area (Å²) in [5, 5.41) is 0. The van der Waals surface area contributed by atoms with Crippen LogP contribution in [-0.4, -0.2) is 0 Å². The van der Waals surface area contributed by atoms with Gasteiger partial charge in [0.1, 0.15) is 0 Å². The van der Waals surface area contributed by atoms with E-state index in [4.69, 9.17) is 0 Å². The lowest BCUT2D eigenvalue weighted by atomic mass is 10.0. The van der Waals surface area contributed by atoms with Gasteiger partial charge in [-0.25, -0.2) is 0 Å². The molecule has 0 unspecified atom stereocenters. The molecule has 0 nitrogen and oxygen atoms in total. The van der Waals surface area contributed by atoms with Crippen molar-refractivity contribution in [3.63, 3.8) is 0 Å². The fraction of sp³-hybridized carbons (Fsp3) is 0.333. The number of hydrogen-bond donors (Lipinski definition) is 0. The summed E-state index contributed by atoms with van der Waals surface area (Å²) in [7, 11) is 0. The second-order valence-corrected chi connectivity index (χ2v) is 3.55. The molecular formula is C12H16. The van der Waals surface area contributed by atoms with Crippen molar-refractivity contribution in [1.29, 1.82) is 0 Å². The highest BCUT2D eigenvalue weighted by molar-refractivity contribution is 5.41. The van der Waals surface area contributed by atoms with Crippen molar-refractivity contribution in [3.8, 4) is 0 Å². The van der Waals surface area contributed by atoms with Gasteiger partial charge < -0.3 is 0 Å². The Kier molecular flexibility index (Phi) is 2.69. The van der Waals surface area contributed by atoms with Crippen molar-refractivity contribution in [2.45, 2.75) is 27.7 Å². The Hall–Kier alpha value is -1.04. The second kappa shape index (κ2) is 3.57. The summed E-state index contributed by atoms with van der Waals surface area (Å²) in [6, 6.07) is 0. The van der Waals surface area contributed by atoms with Gasteiger partial charge in [0.25, 0.3) is 0 Å². The van der Waals surface area contributed by atoms with Gasteiger partial charge in [-0.3, -0.25) is 0 Å². The van der Waals surface area contributed by atoms with Gasteiger partial charge in [-0.1, -0.05) is 46.6 Å². The topological polar surface area (TPSA) is 0 Å². The van der Waals surface area contributed by atoms with Gasteiger partial charge in [0.05, 0.1) is 0 Å². The molecule has 0 heteroatoms. The van der Waals surface area contributed by atoms with E-state index in [1.54, 1.807) is 0 Å². The lowest BCUT2D eigenvalue weighted by Crippen LogP contribution is -1.82. The Morgan fingerprint density at radius 2 is 0.667 bits per heavy atom. The molecule has 0 aliphatic heterocycles. The highest BCUT2D eigenvalue weighted by Crippen LogP contribution is 2.14. The van der Waals surface area contributed by atoms with Gasteiger partial charge >= 0.3 is 0 Å². The zero-order valence-corrected chi connectivity index (χ0v) is 8.31. The lowest BCUT2D eigenvalue weighted by molar-refractivity contribution is 1.33. The Morgan fingerprint density at radius 1 is 0.500 bits per heavy atom. The van der Waals surface area contributed by atoms with E-state index in [1.807, 2.05) is 0 Å². The average Bonchev–Trinajstić information content (AvgIpc) is 1.81. The first-order valence-corrected chi connectivity index (χ1v) is 4.31. The van der Waals surface area contributed by atoms with E-state index in [9.17, 15) is 0 Å². The SMILES string of the molecule is CC1=C/C(C)=C\C(C)=C/C(C)=C\1. The molecule has 1 aliphatic rings. The van der Waals surface area contributed by atoms with Crippen LogP contribution in [0.1, 0.15) is 27.7 Å². The smallest absolute Gasteiger partial charge is 0.0398 e. The molecule has 64 valence electrons. The molecule has 0 atom stereocenters. The van der Waals surface area contributed by atoms with Crippen molar-refractivity contribution in [3.05, 3.63) is 46.6 Å². The molecule has 12 heavy (non-hydrogen) atoms. The molecule has 0 aromatic carbocycles. The minimum atomic E-state index is 1.32. The van der Waals surface area contributed by atoms with Crippen LogP contribution in [0.25, 0.3) is 0 Å². The van der Waals surface area contributed by atoms with Crippen LogP contribution in [0.15, 0.2) is 46.6 Å². The predicted molar refractivity (Wildman–Crippen MR) is 55.0 cm³/mol. The molecule has 0 spiro atoms. The van der Waals surface area contributed by atoms with E-state index in [0.29, 0.717) is 0 Å². The summed E-state index contributed by atoms with van der Waals surface area (Å²) >= 11 is 0. The minimum Gasteiger partial charge on any atom is -0.0564 e. The molecule has 0 saturated carbocycles. The summed E-state index contributed by atoms with van der Waals surface area (Å²) in [5.74, 6) is 0. The highest BCUT2D eigenvalue weighted by Gasteiger charge is 1.94. The summed E-state index contributed by atoms with van der Waals surface area (Å²) < 4.78 is 0. The van der Waals surface area contributed by atoms with Crippen molar-refractivity contribution >= 4 is 0 Å². The first-order valence-electron chi connectivity index (χ1n) is 4.31. The minimum absolute atomic E-state index is 1.32. The van der Waals surface area contributed by atoms with Crippen LogP contribution < -0.4 is 0 Å². The predicted octanol–water partition coefficient (Wildman–Crippen LogP) is 3.79. The molecule has 0 amide bonds. The Morgan fingerprint density at radius 3 is 0.833 bits per heavy atom. The van der Waals surface area contributed by atoms with Gasteiger partial charge in [0.15, 0.2) is 0 Å². The zero-order chi connectivity index (χ0) is 9.14. The highest BCUT2D eigenvalue weighted by atomic mass is 14.0. The summed E-state index contributed by atoms with van der Waals surface area (Å²) in [4.78, 5) is 0. The number of rotatable bonds is 0. The molecule has 0 radical (unpaired) electrons. The Balaban J connectivity index is 3.09. The monoisotopic (exact) mass is 160 g/mol. The first kappa shape index (κ1) is 9.05. The van der Waals surface area contributed by atoms with E-state index < -0.39 is 0 Å². The number of hydrogen-bond acceptors (Lipinski definition) is 0. The maximum atomic E-state index is 2.21. The van der Waals surface area contributed by atoms with Crippen molar-refractivity contribution in [2.24, 2.45) is 0 Å². The van der Waals surface area contributed by atoms with Crippen LogP contribution in [0, 0.1) is 0 Å². The van der Waals surface area contributed by atoms with Crippen LogP contribution >= 0.6 is 0 Å². The zero-order valence-electron chi connectivity index (χ0n) is 8.31. The van der Waals surface area contributed by atoms with Gasteiger partial charge in [-0.2, -0.15) is 0 Å². The van der Waals surface area contributed by atoms with Crippen LogP contribution in [0.2, 0.25) is 0 Å². The van der Waals surface area contributed by atoms with E-state index in [1.165, 1.54) is 22.3 Å². The van der Waals surface area contributed by atoms with Crippen LogP contribution in [0.5, 0.6) is 0 Å². The average molecular weight is 160 g/mol. The molecular weight excluding hydrogens is 144 g/mol. The van der Waals surface area contributed by atoms with Crippen molar-refractivity contribution in [1.82, 2.24) is 0 Å². The molecule has 1 rings (SSSR count). The normalized spacial score (nSPS) is 35.7. The summed E-state index contributed by atoms with van der Waals surface area (Å²) in [6.07, 6.45) is 8.83.